The highest BCUT2D eigenvalue weighted by molar-refractivity contribution is 5.98. The summed E-state index contributed by atoms with van der Waals surface area (Å²) >= 11 is 0. The van der Waals surface area contributed by atoms with E-state index < -0.39 is 11.9 Å². The zero-order valence-corrected chi connectivity index (χ0v) is 11.0. The third kappa shape index (κ3) is 3.05. The van der Waals surface area contributed by atoms with E-state index in [-0.39, 0.29) is 29.1 Å². The van der Waals surface area contributed by atoms with Crippen molar-refractivity contribution < 1.29 is 19.1 Å². The first-order valence-electron chi connectivity index (χ1n) is 6.25. The molecule has 6 nitrogen and oxygen atoms in total. The Morgan fingerprint density at radius 2 is 2.30 bits per heavy atom. The van der Waals surface area contributed by atoms with Crippen molar-refractivity contribution in [1.29, 1.82) is 0 Å². The molecule has 1 aromatic rings. The third-order valence-electron chi connectivity index (χ3n) is 3.15. The van der Waals surface area contributed by atoms with Crippen molar-refractivity contribution in [2.75, 3.05) is 5.32 Å². The highest BCUT2D eigenvalue weighted by Crippen LogP contribution is 2.22. The predicted molar refractivity (Wildman–Crippen MR) is 71.1 cm³/mol. The monoisotopic (exact) mass is 281 g/mol. The molecule has 2 atom stereocenters. The Balaban J connectivity index is 2.08. The average Bonchev–Trinajstić information content (AvgIpc) is 2.86. The second-order valence-electron chi connectivity index (χ2n) is 4.68. The minimum Gasteiger partial charge on any atom is -0.409 e. The number of halogens is 1. The highest BCUT2D eigenvalue weighted by Gasteiger charge is 2.28. The van der Waals surface area contributed by atoms with Crippen molar-refractivity contribution in [2.24, 2.45) is 10.9 Å². The zero-order valence-electron chi connectivity index (χ0n) is 11.0. The number of ether oxygens (including phenoxy) is 1. The van der Waals surface area contributed by atoms with Gasteiger partial charge in [0.15, 0.2) is 5.84 Å². The lowest BCUT2D eigenvalue weighted by Gasteiger charge is -2.12. The first-order chi connectivity index (χ1) is 9.51. The van der Waals surface area contributed by atoms with E-state index in [1.54, 1.807) is 0 Å². The third-order valence-corrected chi connectivity index (χ3v) is 3.15. The topological polar surface area (TPSA) is 96.9 Å². The molecule has 7 heteroatoms. The SMILES string of the molecule is CC1CCC(C(=O)Nc2ccc(/C(N)=N/O)cc2F)O1. The summed E-state index contributed by atoms with van der Waals surface area (Å²) in [6.45, 7) is 1.89. The van der Waals surface area contributed by atoms with Gasteiger partial charge in [0.1, 0.15) is 11.9 Å². The molecule has 1 heterocycles. The first kappa shape index (κ1) is 14.3. The molecule has 20 heavy (non-hydrogen) atoms. The summed E-state index contributed by atoms with van der Waals surface area (Å²) in [4.78, 5) is 11.9. The summed E-state index contributed by atoms with van der Waals surface area (Å²) in [6, 6.07) is 3.90. The standard InChI is InChI=1S/C13H16FN3O3/c1-7-2-5-11(20-7)13(18)16-10-4-3-8(6-9(10)14)12(15)17-19/h3-4,6-7,11,19H,2,5H2,1H3,(H2,15,17)(H,16,18). The molecule has 0 saturated carbocycles. The van der Waals surface area contributed by atoms with Gasteiger partial charge in [-0.2, -0.15) is 0 Å². The number of hydrogen-bond acceptors (Lipinski definition) is 4. The molecule has 0 aliphatic carbocycles. The minimum absolute atomic E-state index is 0.0349. The fraction of sp³-hybridized carbons (Fsp3) is 0.385. The molecular weight excluding hydrogens is 265 g/mol. The maximum atomic E-state index is 13.8. The van der Waals surface area contributed by atoms with Crippen LogP contribution in [0.2, 0.25) is 0 Å². The number of amidine groups is 1. The maximum Gasteiger partial charge on any atom is 0.253 e. The second-order valence-corrected chi connectivity index (χ2v) is 4.68. The summed E-state index contributed by atoms with van der Waals surface area (Å²) in [5.41, 5.74) is 5.62. The Hall–Kier alpha value is -2.15. The van der Waals surface area contributed by atoms with E-state index >= 15 is 0 Å². The molecule has 0 bridgehead atoms. The van der Waals surface area contributed by atoms with Crippen molar-refractivity contribution in [3.63, 3.8) is 0 Å². The van der Waals surface area contributed by atoms with Gasteiger partial charge in [-0.15, -0.1) is 0 Å². The molecule has 1 amide bonds. The van der Waals surface area contributed by atoms with Gasteiger partial charge in [-0.05, 0) is 38.0 Å². The van der Waals surface area contributed by atoms with Crippen LogP contribution in [0.25, 0.3) is 0 Å². The van der Waals surface area contributed by atoms with Crippen LogP contribution >= 0.6 is 0 Å². The Labute approximate surface area is 115 Å². The first-order valence-corrected chi connectivity index (χ1v) is 6.25. The minimum atomic E-state index is -0.659. The van der Waals surface area contributed by atoms with E-state index in [4.69, 9.17) is 15.7 Å². The largest absolute Gasteiger partial charge is 0.409 e. The van der Waals surface area contributed by atoms with E-state index in [0.29, 0.717) is 6.42 Å². The molecule has 4 N–H and O–H groups in total. The molecule has 0 radical (unpaired) electrons. The van der Waals surface area contributed by atoms with Gasteiger partial charge < -0.3 is 21.0 Å². The van der Waals surface area contributed by atoms with Crippen molar-refractivity contribution in [2.45, 2.75) is 32.0 Å². The number of nitrogens with two attached hydrogens (primary N) is 1. The molecule has 1 saturated heterocycles. The van der Waals surface area contributed by atoms with Crippen molar-refractivity contribution in [3.8, 4) is 0 Å². The summed E-state index contributed by atoms with van der Waals surface area (Å²) in [5.74, 6) is -1.23. The number of hydrogen-bond donors (Lipinski definition) is 3. The molecule has 0 spiro atoms. The number of nitrogens with one attached hydrogen (secondary N) is 1. The van der Waals surface area contributed by atoms with Crippen LogP contribution in [0.1, 0.15) is 25.3 Å². The van der Waals surface area contributed by atoms with Crippen LogP contribution in [-0.4, -0.2) is 29.2 Å². The molecule has 0 aromatic heterocycles. The summed E-state index contributed by atoms with van der Waals surface area (Å²) in [7, 11) is 0. The lowest BCUT2D eigenvalue weighted by molar-refractivity contribution is -0.126. The van der Waals surface area contributed by atoms with Gasteiger partial charge in [0.2, 0.25) is 0 Å². The molecule has 1 fully saturated rings. The van der Waals surface area contributed by atoms with Crippen LogP contribution in [0, 0.1) is 5.82 Å². The molecule has 2 rings (SSSR count). The normalized spacial score (nSPS) is 22.8. The summed E-state index contributed by atoms with van der Waals surface area (Å²) in [6.07, 6.45) is 0.923. The molecular formula is C13H16FN3O3. The number of rotatable bonds is 3. The second kappa shape index (κ2) is 5.87. The number of nitrogens with zero attached hydrogens (tertiary/aromatic N) is 1. The van der Waals surface area contributed by atoms with Crippen LogP contribution in [0.3, 0.4) is 0 Å². The molecule has 108 valence electrons. The number of oxime groups is 1. The zero-order chi connectivity index (χ0) is 14.7. The van der Waals surface area contributed by atoms with Crippen molar-refractivity contribution in [3.05, 3.63) is 29.6 Å². The van der Waals surface area contributed by atoms with E-state index in [1.807, 2.05) is 6.92 Å². The van der Waals surface area contributed by atoms with Gasteiger partial charge in [0.05, 0.1) is 11.8 Å². The number of amides is 1. The van der Waals surface area contributed by atoms with Crippen molar-refractivity contribution in [1.82, 2.24) is 0 Å². The fourth-order valence-electron chi connectivity index (χ4n) is 2.04. The van der Waals surface area contributed by atoms with Gasteiger partial charge in [0, 0.05) is 5.56 Å². The average molecular weight is 281 g/mol. The van der Waals surface area contributed by atoms with E-state index in [0.717, 1.165) is 12.5 Å². The van der Waals surface area contributed by atoms with Crippen molar-refractivity contribution >= 4 is 17.4 Å². The van der Waals surface area contributed by atoms with E-state index in [1.165, 1.54) is 12.1 Å². The highest BCUT2D eigenvalue weighted by atomic mass is 19.1. The van der Waals surface area contributed by atoms with Crippen LogP contribution in [0.4, 0.5) is 10.1 Å². The van der Waals surface area contributed by atoms with Gasteiger partial charge in [-0.1, -0.05) is 5.16 Å². The Morgan fingerprint density at radius 1 is 1.55 bits per heavy atom. The van der Waals surface area contributed by atoms with E-state index in [2.05, 4.69) is 10.5 Å². The molecule has 2 unspecified atom stereocenters. The summed E-state index contributed by atoms with van der Waals surface area (Å²) in [5, 5.41) is 13.8. The van der Waals surface area contributed by atoms with Crippen LogP contribution < -0.4 is 11.1 Å². The van der Waals surface area contributed by atoms with Crippen LogP contribution in [0.5, 0.6) is 0 Å². The smallest absolute Gasteiger partial charge is 0.253 e. The summed E-state index contributed by atoms with van der Waals surface area (Å²) < 4.78 is 19.2. The predicted octanol–water partition coefficient (Wildman–Crippen LogP) is 1.43. The van der Waals surface area contributed by atoms with Gasteiger partial charge in [-0.25, -0.2) is 4.39 Å². The number of carbonyl (C=O) groups excluding carboxylic acids is 1. The number of benzene rings is 1. The van der Waals surface area contributed by atoms with Crippen LogP contribution in [-0.2, 0) is 9.53 Å². The van der Waals surface area contributed by atoms with Crippen LogP contribution in [0.15, 0.2) is 23.4 Å². The van der Waals surface area contributed by atoms with E-state index in [9.17, 15) is 9.18 Å². The lowest BCUT2D eigenvalue weighted by atomic mass is 10.1. The lowest BCUT2D eigenvalue weighted by Crippen LogP contribution is -2.28. The fourth-order valence-corrected chi connectivity index (χ4v) is 2.04. The number of anilines is 1. The number of carbonyl (C=O) groups is 1. The molecule has 1 aromatic carbocycles. The Kier molecular flexibility index (Phi) is 4.19. The van der Waals surface area contributed by atoms with Gasteiger partial charge in [0.25, 0.3) is 5.91 Å². The Morgan fingerprint density at radius 3 is 2.85 bits per heavy atom. The molecule has 1 aliphatic heterocycles. The maximum absolute atomic E-state index is 13.8. The quantitative estimate of drug-likeness (QED) is 0.338. The van der Waals surface area contributed by atoms with Gasteiger partial charge in [-0.3, -0.25) is 4.79 Å². The Bertz CT molecular complexity index is 548. The van der Waals surface area contributed by atoms with Gasteiger partial charge >= 0.3 is 0 Å². The molecule has 1 aliphatic rings.